The van der Waals surface area contributed by atoms with Crippen LogP contribution < -0.4 is 10.1 Å². The van der Waals surface area contributed by atoms with Gasteiger partial charge in [-0.25, -0.2) is 23.5 Å². The molecular weight excluding hydrogens is 699 g/mol. The number of nitrogens with zero attached hydrogens (tertiary/aromatic N) is 5. The normalized spacial score (nSPS) is 26.0. The fraction of sp³-hybridized carbons (Fsp3) is 0.553. The topological polar surface area (TPSA) is 124 Å². The average molecular weight is 743 g/mol. The zero-order chi connectivity index (χ0) is 37.9. The number of carboxylic acid groups (broad SMARTS) is 1. The Hall–Kier alpha value is -4.56. The van der Waals surface area contributed by atoms with Gasteiger partial charge in [-0.2, -0.15) is 18.3 Å². The van der Waals surface area contributed by atoms with Crippen LogP contribution in [-0.4, -0.2) is 59.4 Å². The van der Waals surface area contributed by atoms with Crippen LogP contribution in [0.4, 0.5) is 22.0 Å². The summed E-state index contributed by atoms with van der Waals surface area (Å²) in [5.74, 6) is -5.54. The van der Waals surface area contributed by atoms with Crippen molar-refractivity contribution in [1.29, 1.82) is 0 Å². The number of amides is 1. The number of halogens is 5. The van der Waals surface area contributed by atoms with E-state index in [0.29, 0.717) is 48.9 Å². The highest BCUT2D eigenvalue weighted by atomic mass is 19.4. The zero-order valence-corrected chi connectivity index (χ0v) is 29.8. The van der Waals surface area contributed by atoms with E-state index in [9.17, 15) is 36.6 Å². The molecule has 0 spiro atoms. The Morgan fingerprint density at radius 1 is 1.08 bits per heavy atom. The van der Waals surface area contributed by atoms with E-state index in [1.165, 1.54) is 0 Å². The number of carbonyl (C=O) groups is 2. The third-order valence-corrected chi connectivity index (χ3v) is 11.6. The number of aliphatic carboxylic acids is 1. The summed E-state index contributed by atoms with van der Waals surface area (Å²) < 4.78 is 82.1. The van der Waals surface area contributed by atoms with Crippen molar-refractivity contribution in [1.82, 2.24) is 29.6 Å². The monoisotopic (exact) mass is 742 g/mol. The number of benzene rings is 1. The van der Waals surface area contributed by atoms with Gasteiger partial charge in [0.2, 0.25) is 5.92 Å². The number of ether oxygens (including phenoxy) is 1. The van der Waals surface area contributed by atoms with E-state index in [1.807, 2.05) is 26.2 Å². The Balaban J connectivity index is 1.24. The Morgan fingerprint density at radius 2 is 1.83 bits per heavy atom. The molecule has 4 aromatic rings. The van der Waals surface area contributed by atoms with Crippen LogP contribution in [0.2, 0.25) is 0 Å². The highest BCUT2D eigenvalue weighted by molar-refractivity contribution is 6.00. The largest absolute Gasteiger partial charge is 0.493 e. The second kappa shape index (κ2) is 13.7. The quantitative estimate of drug-likeness (QED) is 0.167. The zero-order valence-electron chi connectivity index (χ0n) is 29.8. The van der Waals surface area contributed by atoms with Crippen LogP contribution in [0.1, 0.15) is 93.0 Å². The number of nitrogens with one attached hydrogen (secondary N) is 1. The molecule has 3 saturated carbocycles. The average Bonchev–Trinajstić information content (AvgIpc) is 3.68. The van der Waals surface area contributed by atoms with E-state index in [0.717, 1.165) is 18.3 Å². The number of alkyl halides is 5. The van der Waals surface area contributed by atoms with Crippen LogP contribution in [0.15, 0.2) is 42.9 Å². The Labute approximate surface area is 303 Å². The first-order valence-corrected chi connectivity index (χ1v) is 18.2. The summed E-state index contributed by atoms with van der Waals surface area (Å²) in [5, 5.41) is 17.9. The highest BCUT2D eigenvalue weighted by Crippen LogP contribution is 2.50. The predicted octanol–water partition coefficient (Wildman–Crippen LogP) is 7.87. The summed E-state index contributed by atoms with van der Waals surface area (Å²) in [6.45, 7) is 4.06. The molecule has 3 aromatic heterocycles. The molecule has 0 radical (unpaired) electrons. The van der Waals surface area contributed by atoms with E-state index in [2.05, 4.69) is 20.4 Å². The summed E-state index contributed by atoms with van der Waals surface area (Å²) in [6.07, 6.45) is 1.87. The fourth-order valence-corrected chi connectivity index (χ4v) is 9.19. The number of carbonyl (C=O) groups excluding carboxylic acids is 1. The van der Waals surface area contributed by atoms with Crippen LogP contribution in [0.25, 0.3) is 22.3 Å². The lowest BCUT2D eigenvalue weighted by molar-refractivity contribution is -0.155. The maximum absolute atomic E-state index is 14.8. The second-order valence-corrected chi connectivity index (χ2v) is 15.4. The minimum absolute atomic E-state index is 0.152. The lowest BCUT2D eigenvalue weighted by atomic mass is 9.56. The first-order chi connectivity index (χ1) is 25.0. The van der Waals surface area contributed by atoms with E-state index in [-0.39, 0.29) is 54.9 Å². The van der Waals surface area contributed by atoms with E-state index >= 15 is 0 Å². The molecule has 2 bridgehead atoms. The van der Waals surface area contributed by atoms with Crippen molar-refractivity contribution in [3.63, 3.8) is 0 Å². The van der Waals surface area contributed by atoms with Crippen LogP contribution in [0, 0.1) is 23.7 Å². The minimum atomic E-state index is -5.09. The SMILES string of the molecule is CC1CC2CC(C)C(NC(=O)c3cnc(-c4cn(C5CCC(F)(F)CC5)c5cc(OCCc6ccn(C)n6)ccc45)nc3C(F)(F)F)(C(=O)O)C(C1)C2. The van der Waals surface area contributed by atoms with Crippen molar-refractivity contribution in [3.8, 4) is 17.1 Å². The van der Waals surface area contributed by atoms with E-state index < -0.39 is 52.6 Å². The van der Waals surface area contributed by atoms with E-state index in [4.69, 9.17) is 4.74 Å². The molecule has 0 aliphatic heterocycles. The van der Waals surface area contributed by atoms with Gasteiger partial charge in [-0.1, -0.05) is 13.8 Å². The number of hydrogen-bond donors (Lipinski definition) is 2. The van der Waals surface area contributed by atoms with Crippen LogP contribution in [0.5, 0.6) is 5.75 Å². The number of rotatable bonds is 9. The molecule has 53 heavy (non-hydrogen) atoms. The van der Waals surface area contributed by atoms with Gasteiger partial charge < -0.3 is 19.7 Å². The molecule has 10 nitrogen and oxygen atoms in total. The molecule has 3 heterocycles. The molecule has 284 valence electrons. The van der Waals surface area contributed by atoms with Crippen molar-refractivity contribution in [3.05, 3.63) is 59.8 Å². The Morgan fingerprint density at radius 3 is 2.51 bits per heavy atom. The lowest BCUT2D eigenvalue weighted by Crippen LogP contribution is -2.66. The minimum Gasteiger partial charge on any atom is -0.493 e. The third kappa shape index (κ3) is 7.10. The fourth-order valence-electron chi connectivity index (χ4n) is 9.19. The molecular formula is C38H43F5N6O4. The van der Waals surface area contributed by atoms with Gasteiger partial charge in [-0.3, -0.25) is 9.48 Å². The van der Waals surface area contributed by atoms with Crippen molar-refractivity contribution in [2.75, 3.05) is 6.61 Å². The molecule has 0 saturated heterocycles. The van der Waals surface area contributed by atoms with Crippen molar-refractivity contribution in [2.24, 2.45) is 30.7 Å². The summed E-state index contributed by atoms with van der Waals surface area (Å²) in [7, 11) is 1.81. The van der Waals surface area contributed by atoms with Crippen molar-refractivity contribution >= 4 is 22.8 Å². The van der Waals surface area contributed by atoms with Crippen LogP contribution in [-0.2, 0) is 24.4 Å². The Bertz CT molecular complexity index is 2010. The molecule has 1 aromatic carbocycles. The summed E-state index contributed by atoms with van der Waals surface area (Å²) in [5.41, 5.74) is -2.50. The predicted molar refractivity (Wildman–Crippen MR) is 184 cm³/mol. The number of aromatic nitrogens is 5. The first-order valence-electron chi connectivity index (χ1n) is 18.2. The first kappa shape index (κ1) is 36.8. The number of carboxylic acids is 1. The molecule has 5 unspecified atom stereocenters. The maximum Gasteiger partial charge on any atom is 0.434 e. The van der Waals surface area contributed by atoms with Gasteiger partial charge in [-0.05, 0) is 80.4 Å². The van der Waals surface area contributed by atoms with Gasteiger partial charge >= 0.3 is 12.1 Å². The smallest absolute Gasteiger partial charge is 0.434 e. The third-order valence-electron chi connectivity index (χ3n) is 11.6. The number of hydrogen-bond acceptors (Lipinski definition) is 6. The van der Waals surface area contributed by atoms with Gasteiger partial charge in [0.25, 0.3) is 5.91 Å². The molecule has 5 atom stereocenters. The number of aryl methyl sites for hydroxylation is 1. The summed E-state index contributed by atoms with van der Waals surface area (Å²) in [4.78, 5) is 34.8. The van der Waals surface area contributed by atoms with Crippen molar-refractivity contribution < 1.29 is 41.4 Å². The number of fused-ring (bicyclic) bond motifs is 3. The van der Waals surface area contributed by atoms with Crippen molar-refractivity contribution in [2.45, 2.75) is 95.3 Å². The van der Waals surface area contributed by atoms with E-state index in [1.54, 1.807) is 40.6 Å². The van der Waals surface area contributed by atoms with Crippen LogP contribution >= 0.6 is 0 Å². The molecule has 3 fully saturated rings. The lowest BCUT2D eigenvalue weighted by Gasteiger charge is -2.52. The standard InChI is InChI=1S/C38H43F5N6O4/c1-21-14-23-16-22(2)37(35(51)52,24(15-21)17-23)46-34(50)29-19-44-33(45-32(29)38(41,42)43)30-20-49(26-6-10-36(39,40)11-7-26)31-18-27(4-5-28(30)31)53-13-9-25-8-12-48(3)47-25/h4-5,8,12,18-24,26H,6-7,9-11,13-17H2,1-3H3,(H,46,50)(H,51,52). The van der Waals surface area contributed by atoms with Gasteiger partial charge in [0.05, 0.1) is 23.4 Å². The molecule has 1 amide bonds. The molecule has 15 heteroatoms. The molecule has 3 aliphatic rings. The summed E-state index contributed by atoms with van der Waals surface area (Å²) >= 11 is 0. The summed E-state index contributed by atoms with van der Waals surface area (Å²) in [6, 6.07) is 6.57. The van der Waals surface area contributed by atoms with Gasteiger partial charge in [0.1, 0.15) is 11.3 Å². The molecule has 3 aliphatic carbocycles. The highest BCUT2D eigenvalue weighted by Gasteiger charge is 2.57. The second-order valence-electron chi connectivity index (χ2n) is 15.4. The maximum atomic E-state index is 14.8. The van der Waals surface area contributed by atoms with Gasteiger partial charge in [0.15, 0.2) is 11.5 Å². The van der Waals surface area contributed by atoms with Gasteiger partial charge in [-0.15, -0.1) is 0 Å². The van der Waals surface area contributed by atoms with Gasteiger partial charge in [0, 0.05) is 68.0 Å². The Kier molecular flexibility index (Phi) is 9.50. The molecule has 7 rings (SSSR count). The van der Waals surface area contributed by atoms with Crippen LogP contribution in [0.3, 0.4) is 0 Å². The molecule has 2 N–H and O–H groups in total.